The largest absolute Gasteiger partial charge is 0.378 e. The Balaban J connectivity index is 2.06. The predicted molar refractivity (Wildman–Crippen MR) is 67.1 cm³/mol. The van der Waals surface area contributed by atoms with Crippen molar-refractivity contribution < 1.29 is 4.79 Å². The molecule has 1 aromatic heterocycles. The fraction of sp³-hybridized carbons (Fsp3) is 0.231. The third kappa shape index (κ3) is 2.72. The van der Waals surface area contributed by atoms with E-state index in [4.69, 9.17) is 0 Å². The lowest BCUT2D eigenvalue weighted by Gasteiger charge is -2.13. The summed E-state index contributed by atoms with van der Waals surface area (Å²) in [6.07, 6.45) is 3.66. The maximum atomic E-state index is 11.1. The zero-order chi connectivity index (χ0) is 12.3. The van der Waals surface area contributed by atoms with E-state index >= 15 is 0 Å². The number of aromatic nitrogens is 2. The SMILES string of the molecule is CC(=O)c1ccc(NC(C)c2cn[nH]c2)cc1. The number of nitrogens with zero attached hydrogens (tertiary/aromatic N) is 1. The van der Waals surface area contributed by atoms with Crippen LogP contribution >= 0.6 is 0 Å². The van der Waals surface area contributed by atoms with Crippen molar-refractivity contribution in [3.05, 3.63) is 47.8 Å². The van der Waals surface area contributed by atoms with Gasteiger partial charge in [0.15, 0.2) is 5.78 Å². The minimum absolute atomic E-state index is 0.0828. The van der Waals surface area contributed by atoms with Crippen molar-refractivity contribution in [2.45, 2.75) is 19.9 Å². The van der Waals surface area contributed by atoms with E-state index in [0.717, 1.165) is 16.8 Å². The Bertz CT molecular complexity index is 488. The first-order valence-electron chi connectivity index (χ1n) is 5.53. The molecular weight excluding hydrogens is 214 g/mol. The second-order valence-electron chi connectivity index (χ2n) is 4.03. The van der Waals surface area contributed by atoms with Crippen molar-refractivity contribution in [2.75, 3.05) is 5.32 Å². The van der Waals surface area contributed by atoms with E-state index in [9.17, 15) is 4.79 Å². The van der Waals surface area contributed by atoms with Crippen LogP contribution in [0.3, 0.4) is 0 Å². The highest BCUT2D eigenvalue weighted by Gasteiger charge is 2.06. The van der Waals surface area contributed by atoms with Crippen LogP contribution in [0.25, 0.3) is 0 Å². The first-order chi connectivity index (χ1) is 8.16. The second-order valence-corrected chi connectivity index (χ2v) is 4.03. The highest BCUT2D eigenvalue weighted by atomic mass is 16.1. The molecule has 0 aliphatic heterocycles. The smallest absolute Gasteiger partial charge is 0.159 e. The second kappa shape index (κ2) is 4.82. The van der Waals surface area contributed by atoms with Gasteiger partial charge >= 0.3 is 0 Å². The summed E-state index contributed by atoms with van der Waals surface area (Å²) in [4.78, 5) is 11.1. The molecule has 2 N–H and O–H groups in total. The topological polar surface area (TPSA) is 57.8 Å². The van der Waals surface area contributed by atoms with E-state index in [1.807, 2.05) is 30.5 Å². The number of carbonyl (C=O) groups excluding carboxylic acids is 1. The summed E-state index contributed by atoms with van der Waals surface area (Å²) >= 11 is 0. The Hall–Kier alpha value is -2.10. The summed E-state index contributed by atoms with van der Waals surface area (Å²) in [5.41, 5.74) is 2.82. The van der Waals surface area contributed by atoms with Crippen molar-refractivity contribution in [2.24, 2.45) is 0 Å². The molecule has 4 nitrogen and oxygen atoms in total. The maximum Gasteiger partial charge on any atom is 0.159 e. The quantitative estimate of drug-likeness (QED) is 0.792. The summed E-state index contributed by atoms with van der Waals surface area (Å²) in [6, 6.07) is 7.65. The van der Waals surface area contributed by atoms with Gasteiger partial charge in [0.2, 0.25) is 0 Å². The van der Waals surface area contributed by atoms with Crippen molar-refractivity contribution in [3.8, 4) is 0 Å². The molecule has 0 radical (unpaired) electrons. The van der Waals surface area contributed by atoms with E-state index in [0.29, 0.717) is 0 Å². The molecule has 0 saturated carbocycles. The van der Waals surface area contributed by atoms with Crippen molar-refractivity contribution in [1.29, 1.82) is 0 Å². The number of aromatic amines is 1. The van der Waals surface area contributed by atoms with Gasteiger partial charge in [-0.05, 0) is 38.1 Å². The van der Waals surface area contributed by atoms with Crippen LogP contribution in [0.4, 0.5) is 5.69 Å². The van der Waals surface area contributed by atoms with Gasteiger partial charge in [0.25, 0.3) is 0 Å². The molecule has 0 amide bonds. The highest BCUT2D eigenvalue weighted by molar-refractivity contribution is 5.94. The van der Waals surface area contributed by atoms with Gasteiger partial charge < -0.3 is 5.32 Å². The molecule has 2 aromatic rings. The number of Topliss-reactive ketones (excluding diaryl/α,β-unsaturated/α-hetero) is 1. The number of nitrogens with one attached hydrogen (secondary N) is 2. The van der Waals surface area contributed by atoms with Crippen molar-refractivity contribution in [3.63, 3.8) is 0 Å². The zero-order valence-corrected chi connectivity index (χ0v) is 9.90. The number of hydrogen-bond acceptors (Lipinski definition) is 3. The number of hydrogen-bond donors (Lipinski definition) is 2. The van der Waals surface area contributed by atoms with Gasteiger partial charge in [0.05, 0.1) is 12.2 Å². The Morgan fingerprint density at radius 1 is 1.35 bits per heavy atom. The summed E-state index contributed by atoms with van der Waals surface area (Å²) < 4.78 is 0. The maximum absolute atomic E-state index is 11.1. The molecule has 88 valence electrons. The van der Waals surface area contributed by atoms with Gasteiger partial charge in [0, 0.05) is 23.0 Å². The molecule has 0 spiro atoms. The molecule has 0 aliphatic carbocycles. The van der Waals surface area contributed by atoms with Crippen LogP contribution in [0, 0.1) is 0 Å². The van der Waals surface area contributed by atoms with Gasteiger partial charge in [-0.1, -0.05) is 0 Å². The molecule has 2 rings (SSSR count). The molecule has 1 aromatic carbocycles. The molecule has 0 aliphatic rings. The number of ketones is 1. The third-order valence-corrected chi connectivity index (χ3v) is 2.69. The van der Waals surface area contributed by atoms with E-state index < -0.39 is 0 Å². The van der Waals surface area contributed by atoms with Crippen LogP contribution in [0.2, 0.25) is 0 Å². The molecule has 0 bridgehead atoms. The standard InChI is InChI=1S/C13H15N3O/c1-9(12-7-14-15-8-12)16-13-5-3-11(4-6-13)10(2)17/h3-9,16H,1-2H3,(H,14,15). The van der Waals surface area contributed by atoms with Crippen LogP contribution in [-0.4, -0.2) is 16.0 Å². The van der Waals surface area contributed by atoms with Crippen LogP contribution in [0.1, 0.15) is 35.8 Å². The van der Waals surface area contributed by atoms with Gasteiger partial charge in [-0.25, -0.2) is 0 Å². The minimum atomic E-state index is 0.0828. The number of H-pyrrole nitrogens is 1. The molecule has 0 fully saturated rings. The highest BCUT2D eigenvalue weighted by Crippen LogP contribution is 2.18. The molecule has 4 heteroatoms. The van der Waals surface area contributed by atoms with Gasteiger partial charge in [-0.2, -0.15) is 5.10 Å². The minimum Gasteiger partial charge on any atom is -0.378 e. The Morgan fingerprint density at radius 3 is 2.59 bits per heavy atom. The lowest BCUT2D eigenvalue weighted by Crippen LogP contribution is -2.05. The lowest BCUT2D eigenvalue weighted by molar-refractivity contribution is 0.101. The monoisotopic (exact) mass is 229 g/mol. The summed E-state index contributed by atoms with van der Waals surface area (Å²) in [7, 11) is 0. The van der Waals surface area contributed by atoms with Crippen molar-refractivity contribution in [1.82, 2.24) is 10.2 Å². The van der Waals surface area contributed by atoms with Crippen LogP contribution in [-0.2, 0) is 0 Å². The van der Waals surface area contributed by atoms with Gasteiger partial charge in [-0.3, -0.25) is 9.89 Å². The Labute approximate surface area is 100 Å². The van der Waals surface area contributed by atoms with E-state index in [-0.39, 0.29) is 11.8 Å². The number of rotatable bonds is 4. The van der Waals surface area contributed by atoms with Gasteiger partial charge in [0.1, 0.15) is 0 Å². The van der Waals surface area contributed by atoms with Crippen LogP contribution in [0.15, 0.2) is 36.7 Å². The fourth-order valence-corrected chi connectivity index (χ4v) is 1.63. The van der Waals surface area contributed by atoms with E-state index in [2.05, 4.69) is 22.4 Å². The number of anilines is 1. The first kappa shape index (κ1) is 11.4. The van der Waals surface area contributed by atoms with Crippen molar-refractivity contribution >= 4 is 11.5 Å². The van der Waals surface area contributed by atoms with E-state index in [1.165, 1.54) is 0 Å². The molecule has 1 unspecified atom stereocenters. The third-order valence-electron chi connectivity index (χ3n) is 2.69. The fourth-order valence-electron chi connectivity index (χ4n) is 1.63. The average molecular weight is 229 g/mol. The summed E-state index contributed by atoms with van der Waals surface area (Å²) in [5.74, 6) is 0.0828. The van der Waals surface area contributed by atoms with Gasteiger partial charge in [-0.15, -0.1) is 0 Å². The Kier molecular flexibility index (Phi) is 3.23. The summed E-state index contributed by atoms with van der Waals surface area (Å²) in [6.45, 7) is 3.63. The molecular formula is C13H15N3O. The predicted octanol–water partition coefficient (Wildman–Crippen LogP) is 2.79. The summed E-state index contributed by atoms with van der Waals surface area (Å²) in [5, 5.41) is 10.0. The molecule has 17 heavy (non-hydrogen) atoms. The lowest BCUT2D eigenvalue weighted by atomic mass is 10.1. The zero-order valence-electron chi connectivity index (χ0n) is 9.90. The first-order valence-corrected chi connectivity index (χ1v) is 5.53. The van der Waals surface area contributed by atoms with Crippen LogP contribution in [0.5, 0.6) is 0 Å². The molecule has 1 atom stereocenters. The van der Waals surface area contributed by atoms with E-state index in [1.54, 1.807) is 13.1 Å². The number of carbonyl (C=O) groups is 1. The molecule has 0 saturated heterocycles. The Morgan fingerprint density at radius 2 is 2.06 bits per heavy atom. The number of benzene rings is 1. The average Bonchev–Trinajstić information content (AvgIpc) is 2.83. The normalized spacial score (nSPS) is 12.1. The molecule has 1 heterocycles. The van der Waals surface area contributed by atoms with Crippen LogP contribution < -0.4 is 5.32 Å².